The van der Waals surface area contributed by atoms with Crippen LogP contribution in [0.1, 0.15) is 47.2 Å². The first-order valence-electron chi connectivity index (χ1n) is 9.49. The maximum Gasteiger partial charge on any atom is 0.254 e. The number of rotatable bonds is 6. The Morgan fingerprint density at radius 2 is 1.64 bits per heavy atom. The number of amides is 3. The highest BCUT2D eigenvalue weighted by atomic mass is 19.1. The summed E-state index contributed by atoms with van der Waals surface area (Å²) in [6.07, 6.45) is 2.39. The van der Waals surface area contributed by atoms with E-state index in [4.69, 9.17) is 0 Å². The van der Waals surface area contributed by atoms with Crippen LogP contribution in [-0.2, 0) is 22.7 Å². The molecule has 2 fully saturated rings. The third-order valence-electron chi connectivity index (χ3n) is 5.24. The zero-order valence-electron chi connectivity index (χ0n) is 15.4. The molecule has 5 nitrogen and oxygen atoms in total. The summed E-state index contributed by atoms with van der Waals surface area (Å²) in [7, 11) is 0. The summed E-state index contributed by atoms with van der Waals surface area (Å²) >= 11 is 0. The topological polar surface area (TPSA) is 57.7 Å². The maximum absolute atomic E-state index is 14.0. The molecule has 1 aliphatic carbocycles. The number of likely N-dealkylation sites (tertiary alicyclic amines) is 1. The molecule has 0 aromatic heterocycles. The standard InChI is InChI=1S/C22H21FN2O3/c23-19-4-2-1-3-17(19)14-24(18-9-10-18)22(28)16-7-5-15(6-8-16)13-25-20(26)11-12-21(25)27/h1-8,18H,9-14H2. The Labute approximate surface area is 162 Å². The molecule has 144 valence electrons. The fraction of sp³-hybridized carbons (Fsp3) is 0.318. The molecule has 1 heterocycles. The second kappa shape index (κ2) is 7.54. The average molecular weight is 380 g/mol. The number of hydrogen-bond donors (Lipinski definition) is 0. The fourth-order valence-corrected chi connectivity index (χ4v) is 3.46. The molecule has 2 aliphatic rings. The van der Waals surface area contributed by atoms with Gasteiger partial charge in [0.25, 0.3) is 5.91 Å². The molecule has 0 radical (unpaired) electrons. The van der Waals surface area contributed by atoms with Gasteiger partial charge in [-0.3, -0.25) is 19.3 Å². The molecule has 28 heavy (non-hydrogen) atoms. The van der Waals surface area contributed by atoms with Gasteiger partial charge in [0.15, 0.2) is 0 Å². The van der Waals surface area contributed by atoms with Crippen molar-refractivity contribution in [1.82, 2.24) is 9.80 Å². The highest BCUT2D eigenvalue weighted by Gasteiger charge is 2.33. The van der Waals surface area contributed by atoms with Gasteiger partial charge in [-0.1, -0.05) is 30.3 Å². The van der Waals surface area contributed by atoms with Crippen LogP contribution < -0.4 is 0 Å². The Bertz CT molecular complexity index is 906. The van der Waals surface area contributed by atoms with E-state index in [0.29, 0.717) is 11.1 Å². The number of carbonyl (C=O) groups is 3. The average Bonchev–Trinajstić information content (AvgIpc) is 3.49. The number of hydrogen-bond acceptors (Lipinski definition) is 3. The number of benzene rings is 2. The van der Waals surface area contributed by atoms with E-state index in [0.717, 1.165) is 18.4 Å². The van der Waals surface area contributed by atoms with Crippen LogP contribution in [-0.4, -0.2) is 33.6 Å². The zero-order chi connectivity index (χ0) is 19.7. The lowest BCUT2D eigenvalue weighted by molar-refractivity contribution is -0.139. The van der Waals surface area contributed by atoms with Crippen molar-refractivity contribution < 1.29 is 18.8 Å². The van der Waals surface area contributed by atoms with E-state index >= 15 is 0 Å². The quantitative estimate of drug-likeness (QED) is 0.723. The van der Waals surface area contributed by atoms with E-state index in [-0.39, 0.29) is 55.5 Å². The van der Waals surface area contributed by atoms with Crippen LogP contribution in [0.25, 0.3) is 0 Å². The lowest BCUT2D eigenvalue weighted by atomic mass is 10.1. The lowest BCUT2D eigenvalue weighted by Crippen LogP contribution is -2.33. The number of carbonyl (C=O) groups excluding carboxylic acids is 3. The molecular weight excluding hydrogens is 359 g/mol. The molecule has 1 aliphatic heterocycles. The Kier molecular flexibility index (Phi) is 4.94. The van der Waals surface area contributed by atoms with E-state index in [2.05, 4.69) is 0 Å². The first-order valence-corrected chi connectivity index (χ1v) is 9.49. The normalized spacial score (nSPS) is 16.5. The Hall–Kier alpha value is -3.02. The minimum atomic E-state index is -0.309. The van der Waals surface area contributed by atoms with Gasteiger partial charge in [-0.25, -0.2) is 4.39 Å². The summed E-state index contributed by atoms with van der Waals surface area (Å²) in [4.78, 5) is 39.5. The number of halogens is 1. The predicted molar refractivity (Wildman–Crippen MR) is 101 cm³/mol. The van der Waals surface area contributed by atoms with Gasteiger partial charge in [-0.05, 0) is 36.6 Å². The first kappa shape index (κ1) is 18.3. The molecule has 1 saturated carbocycles. The number of imide groups is 1. The molecule has 0 spiro atoms. The Morgan fingerprint density at radius 3 is 2.25 bits per heavy atom. The van der Waals surface area contributed by atoms with Gasteiger partial charge in [0.2, 0.25) is 11.8 Å². The van der Waals surface area contributed by atoms with Gasteiger partial charge in [0.1, 0.15) is 5.82 Å². The summed E-state index contributed by atoms with van der Waals surface area (Å²) in [6.45, 7) is 0.475. The summed E-state index contributed by atoms with van der Waals surface area (Å²) in [5.74, 6) is -0.758. The molecule has 0 bridgehead atoms. The third kappa shape index (κ3) is 3.81. The van der Waals surface area contributed by atoms with Gasteiger partial charge >= 0.3 is 0 Å². The van der Waals surface area contributed by atoms with Crippen molar-refractivity contribution in [3.63, 3.8) is 0 Å². The molecule has 2 aromatic carbocycles. The van der Waals surface area contributed by atoms with Crippen molar-refractivity contribution in [3.8, 4) is 0 Å². The van der Waals surface area contributed by atoms with E-state index in [1.165, 1.54) is 11.0 Å². The zero-order valence-corrected chi connectivity index (χ0v) is 15.4. The summed E-state index contributed by atoms with van der Waals surface area (Å²) in [5, 5.41) is 0. The van der Waals surface area contributed by atoms with Crippen molar-refractivity contribution in [1.29, 1.82) is 0 Å². The summed E-state index contributed by atoms with van der Waals surface area (Å²) in [6, 6.07) is 13.6. The molecule has 0 atom stereocenters. The molecule has 0 N–H and O–H groups in total. The molecule has 4 rings (SSSR count). The number of nitrogens with zero attached hydrogens (tertiary/aromatic N) is 2. The van der Waals surface area contributed by atoms with Gasteiger partial charge < -0.3 is 4.90 Å². The van der Waals surface area contributed by atoms with Gasteiger partial charge in [-0.15, -0.1) is 0 Å². The second-order valence-corrected chi connectivity index (χ2v) is 7.33. The van der Waals surface area contributed by atoms with E-state index < -0.39 is 0 Å². The van der Waals surface area contributed by atoms with Crippen LogP contribution >= 0.6 is 0 Å². The smallest absolute Gasteiger partial charge is 0.254 e. The van der Waals surface area contributed by atoms with Crippen LogP contribution in [0.4, 0.5) is 4.39 Å². The Balaban J connectivity index is 1.48. The first-order chi connectivity index (χ1) is 13.5. The van der Waals surface area contributed by atoms with Crippen molar-refractivity contribution in [2.75, 3.05) is 0 Å². The van der Waals surface area contributed by atoms with Crippen molar-refractivity contribution in [2.24, 2.45) is 0 Å². The van der Waals surface area contributed by atoms with E-state index in [1.54, 1.807) is 47.4 Å². The van der Waals surface area contributed by atoms with Crippen molar-refractivity contribution in [2.45, 2.75) is 44.8 Å². The highest BCUT2D eigenvalue weighted by Crippen LogP contribution is 2.30. The van der Waals surface area contributed by atoms with Gasteiger partial charge in [0, 0.05) is 36.6 Å². The molecule has 3 amide bonds. The SMILES string of the molecule is O=C1CCC(=O)N1Cc1ccc(C(=O)N(Cc2ccccc2F)C2CC2)cc1. The molecule has 1 saturated heterocycles. The van der Waals surface area contributed by atoms with Crippen LogP contribution in [0, 0.1) is 5.82 Å². The van der Waals surface area contributed by atoms with Crippen LogP contribution in [0.3, 0.4) is 0 Å². The lowest BCUT2D eigenvalue weighted by Gasteiger charge is -2.23. The minimum Gasteiger partial charge on any atom is -0.331 e. The van der Waals surface area contributed by atoms with Crippen LogP contribution in [0.2, 0.25) is 0 Å². The van der Waals surface area contributed by atoms with E-state index in [1.807, 2.05) is 0 Å². The molecule has 2 aromatic rings. The molecule has 6 heteroatoms. The monoisotopic (exact) mass is 380 g/mol. The van der Waals surface area contributed by atoms with Gasteiger partial charge in [-0.2, -0.15) is 0 Å². The highest BCUT2D eigenvalue weighted by molar-refractivity contribution is 6.01. The van der Waals surface area contributed by atoms with Crippen molar-refractivity contribution >= 4 is 17.7 Å². The largest absolute Gasteiger partial charge is 0.331 e. The van der Waals surface area contributed by atoms with Crippen molar-refractivity contribution in [3.05, 3.63) is 71.0 Å². The predicted octanol–water partition coefficient (Wildman–Crippen LogP) is 3.28. The van der Waals surface area contributed by atoms with E-state index in [9.17, 15) is 18.8 Å². The summed E-state index contributed by atoms with van der Waals surface area (Å²) in [5.41, 5.74) is 1.82. The maximum atomic E-state index is 14.0. The fourth-order valence-electron chi connectivity index (χ4n) is 3.46. The summed E-state index contributed by atoms with van der Waals surface area (Å²) < 4.78 is 14.0. The minimum absolute atomic E-state index is 0.134. The van der Waals surface area contributed by atoms with Crippen LogP contribution in [0.15, 0.2) is 48.5 Å². The third-order valence-corrected chi connectivity index (χ3v) is 5.24. The van der Waals surface area contributed by atoms with Crippen LogP contribution in [0.5, 0.6) is 0 Å². The molecular formula is C22H21FN2O3. The second-order valence-electron chi connectivity index (χ2n) is 7.33. The Morgan fingerprint density at radius 1 is 1.00 bits per heavy atom. The van der Waals surface area contributed by atoms with Gasteiger partial charge in [0.05, 0.1) is 6.54 Å². The molecule has 0 unspecified atom stereocenters.